The summed E-state index contributed by atoms with van der Waals surface area (Å²) in [5.74, 6) is -4.96. The lowest BCUT2D eigenvalue weighted by atomic mass is 9.83. The highest BCUT2D eigenvalue weighted by Crippen LogP contribution is 2.47. The Labute approximate surface area is 380 Å². The van der Waals surface area contributed by atoms with E-state index in [0.717, 1.165) is 38.5 Å². The first-order valence-corrected chi connectivity index (χ1v) is 25.0. The van der Waals surface area contributed by atoms with Gasteiger partial charge in [0.2, 0.25) is 0 Å². The van der Waals surface area contributed by atoms with Crippen molar-refractivity contribution in [3.05, 3.63) is 48.6 Å². The molecule has 1 saturated heterocycles. The molecule has 1 saturated carbocycles. The van der Waals surface area contributed by atoms with E-state index in [-0.39, 0.29) is 19.3 Å². The van der Waals surface area contributed by atoms with Crippen LogP contribution in [-0.2, 0) is 37.5 Å². The summed E-state index contributed by atoms with van der Waals surface area (Å²) >= 11 is 0. The molecule has 0 spiro atoms. The molecule has 16 nitrogen and oxygen atoms in total. The number of fused-ring (bicyclic) bond motifs is 4. The molecule has 2 bridgehead atoms. The van der Waals surface area contributed by atoms with Crippen molar-refractivity contribution < 1.29 is 78.1 Å². The van der Waals surface area contributed by atoms with E-state index >= 15 is 0 Å². The molecule has 1 aliphatic carbocycles. The zero-order valence-electron chi connectivity index (χ0n) is 38.0. The number of Topliss-reactive ketones (excluding diaryl/α,β-unsaturated/α-hetero) is 1. The molecule has 368 valence electrons. The minimum absolute atomic E-state index is 0.0185. The first-order valence-electron chi connectivity index (χ1n) is 23.5. The highest BCUT2D eigenvalue weighted by Gasteiger charge is 2.49. The summed E-state index contributed by atoms with van der Waals surface area (Å²) in [5, 5.41) is 78.6. The number of ether oxygens (including phenoxy) is 2. The molecule has 12 atom stereocenters. The molecular formula is C47H79O16P. The number of aliphatic hydroxyl groups is 7. The Bertz CT molecular complexity index is 1480. The summed E-state index contributed by atoms with van der Waals surface area (Å²) in [4.78, 5) is 50.1. The number of hydrogen-bond acceptors (Lipinski definition) is 15. The fourth-order valence-corrected chi connectivity index (χ4v) is 8.59. The van der Waals surface area contributed by atoms with Gasteiger partial charge in [-0.3, -0.25) is 23.4 Å². The Balaban J connectivity index is 2.23. The highest BCUT2D eigenvalue weighted by atomic mass is 31.2. The fourth-order valence-electron chi connectivity index (χ4n) is 7.61. The van der Waals surface area contributed by atoms with Crippen LogP contribution in [0.15, 0.2) is 48.6 Å². The minimum Gasteiger partial charge on any atom is -0.462 e. The molecule has 8 N–H and O–H groups in total. The number of allylic oxidation sites excluding steroid dienone is 6. The molecule has 2 aliphatic rings. The largest absolute Gasteiger partial charge is 0.472 e. The maximum absolute atomic E-state index is 13.6. The predicted octanol–water partition coefficient (Wildman–Crippen LogP) is 5.76. The van der Waals surface area contributed by atoms with Crippen LogP contribution >= 0.6 is 7.82 Å². The third-order valence-corrected chi connectivity index (χ3v) is 12.5. The van der Waals surface area contributed by atoms with Crippen molar-refractivity contribution in [1.82, 2.24) is 0 Å². The first-order chi connectivity index (χ1) is 30.6. The molecule has 1 aliphatic heterocycles. The van der Waals surface area contributed by atoms with Crippen molar-refractivity contribution in [2.75, 3.05) is 13.2 Å². The second kappa shape index (κ2) is 33.0. The number of carbonyl (C=O) groups excluding carboxylic acids is 3. The number of cyclic esters (lactones) is 1. The highest BCUT2D eigenvalue weighted by molar-refractivity contribution is 7.47. The van der Waals surface area contributed by atoms with Gasteiger partial charge in [0.1, 0.15) is 36.8 Å². The average Bonchev–Trinajstić information content (AvgIpc) is 3.26. The number of esters is 2. The number of phosphoric acid groups is 1. The summed E-state index contributed by atoms with van der Waals surface area (Å²) in [6.07, 6.45) is 9.31. The zero-order chi connectivity index (χ0) is 47.3. The van der Waals surface area contributed by atoms with E-state index in [9.17, 15) is 59.6 Å². The van der Waals surface area contributed by atoms with Crippen molar-refractivity contribution in [2.24, 2.45) is 11.8 Å². The van der Waals surface area contributed by atoms with Crippen LogP contribution in [0, 0.1) is 11.8 Å². The number of unbranched alkanes of at least 4 members (excludes halogenated alkanes) is 7. The van der Waals surface area contributed by atoms with Gasteiger partial charge in [0.15, 0.2) is 6.10 Å². The Kier molecular flexibility index (Phi) is 29.6. The van der Waals surface area contributed by atoms with Gasteiger partial charge >= 0.3 is 19.8 Å². The molecule has 2 fully saturated rings. The van der Waals surface area contributed by atoms with Crippen LogP contribution in [0.3, 0.4) is 0 Å². The van der Waals surface area contributed by atoms with E-state index < -0.39 is 112 Å². The van der Waals surface area contributed by atoms with E-state index in [2.05, 4.69) is 31.2 Å². The van der Waals surface area contributed by atoms with Crippen molar-refractivity contribution in [3.63, 3.8) is 0 Å². The number of ketones is 1. The molecular weight excluding hydrogens is 851 g/mol. The van der Waals surface area contributed by atoms with Crippen molar-refractivity contribution in [3.8, 4) is 0 Å². The second-order valence-corrected chi connectivity index (χ2v) is 18.4. The molecule has 1 heterocycles. The lowest BCUT2D eigenvalue weighted by Crippen LogP contribution is -2.55. The average molecular weight is 931 g/mol. The molecule has 0 radical (unpaired) electrons. The standard InChI is InChI=1S/C47H79O16P/c1-3-5-7-8-9-10-11-12-13-14-15-16-17-18-24-28-41(52)62-35-32-60-40(51)27-23-20-19-22-26-36-38(49)31-39(50)37(30-29-34(48)25-21-6-4-2)43(54)45(56)47(46(57)44(55)42(36)53)63-64(58,59)61-33-35/h9-10,12-13,15-16,29-30,34-37,39,42-48,50,53-57H,3-8,11,14,17-28,31-33H2,1-2H3,(H,58,59)/b10-9-,13-12-,16-15-,30-29?/t34-,35+,36-,37-,39+,42+,43+,44-,45+,46+,47+/m0/s1. The summed E-state index contributed by atoms with van der Waals surface area (Å²) in [5.41, 5.74) is 0. The molecule has 0 aromatic rings. The summed E-state index contributed by atoms with van der Waals surface area (Å²) < 4.78 is 34.7. The van der Waals surface area contributed by atoms with Crippen LogP contribution in [0.2, 0.25) is 0 Å². The van der Waals surface area contributed by atoms with Gasteiger partial charge in [0.05, 0.1) is 31.0 Å². The Morgan fingerprint density at radius 2 is 1.38 bits per heavy atom. The van der Waals surface area contributed by atoms with Gasteiger partial charge in [-0.2, -0.15) is 0 Å². The van der Waals surface area contributed by atoms with E-state index in [4.69, 9.17) is 18.5 Å². The quantitative estimate of drug-likeness (QED) is 0.0312. The van der Waals surface area contributed by atoms with Crippen molar-refractivity contribution in [2.45, 2.75) is 204 Å². The number of phosphoric ester groups is 1. The lowest BCUT2D eigenvalue weighted by molar-refractivity contribution is -0.166. The van der Waals surface area contributed by atoms with E-state index in [1.54, 1.807) is 0 Å². The first kappa shape index (κ1) is 57.5. The molecule has 0 amide bonds. The van der Waals surface area contributed by atoms with Crippen molar-refractivity contribution >= 4 is 25.5 Å². The van der Waals surface area contributed by atoms with E-state index in [1.807, 2.05) is 19.1 Å². The Morgan fingerprint density at radius 1 is 0.766 bits per heavy atom. The van der Waals surface area contributed by atoms with Crippen LogP contribution in [0.1, 0.15) is 149 Å². The van der Waals surface area contributed by atoms with Gasteiger partial charge in [-0.05, 0) is 64.2 Å². The normalized spacial score (nSPS) is 31.8. The zero-order valence-corrected chi connectivity index (χ0v) is 38.9. The summed E-state index contributed by atoms with van der Waals surface area (Å²) in [6.45, 7) is 2.75. The summed E-state index contributed by atoms with van der Waals surface area (Å²) in [6, 6.07) is 0. The van der Waals surface area contributed by atoms with Crippen LogP contribution in [0.25, 0.3) is 0 Å². The Hall–Kier alpha value is -2.60. The smallest absolute Gasteiger partial charge is 0.462 e. The third kappa shape index (κ3) is 23.2. The van der Waals surface area contributed by atoms with E-state index in [0.29, 0.717) is 51.4 Å². The SMILES string of the molecule is CCCCC/C=C\C/C=C\C/C=C\CCCCC(=O)O[C@@H]1COC(=O)CCCCCC[C@H]2C(=O)C[C@@H](O)[C@H](C=C[C@@H](O)CCCCC)[C@@H](O)[C@@H](O)[C@@H](OP(=O)(O)OC1)[C@H](O)[C@@H](O)[C@@H]2O. The molecule has 64 heavy (non-hydrogen) atoms. The summed E-state index contributed by atoms with van der Waals surface area (Å²) in [7, 11) is -5.46. The molecule has 0 aromatic heterocycles. The number of aliphatic hydroxyl groups excluding tert-OH is 7. The maximum Gasteiger partial charge on any atom is 0.472 e. The Morgan fingerprint density at radius 3 is 2.05 bits per heavy atom. The predicted molar refractivity (Wildman–Crippen MR) is 240 cm³/mol. The third-order valence-electron chi connectivity index (χ3n) is 11.5. The van der Waals surface area contributed by atoms with Crippen LogP contribution in [0.4, 0.5) is 0 Å². The van der Waals surface area contributed by atoms with E-state index in [1.165, 1.54) is 31.4 Å². The van der Waals surface area contributed by atoms with Crippen LogP contribution in [0.5, 0.6) is 0 Å². The lowest BCUT2D eigenvalue weighted by Gasteiger charge is -2.36. The fraction of sp³-hybridized carbons (Fsp3) is 0.766. The molecule has 2 rings (SSSR count). The van der Waals surface area contributed by atoms with Crippen LogP contribution < -0.4 is 0 Å². The minimum atomic E-state index is -5.46. The number of rotatable bonds is 20. The van der Waals surface area contributed by atoms with Gasteiger partial charge < -0.3 is 50.1 Å². The number of hydrogen-bond donors (Lipinski definition) is 8. The van der Waals surface area contributed by atoms with Crippen molar-refractivity contribution in [1.29, 1.82) is 0 Å². The molecule has 17 heteroatoms. The monoisotopic (exact) mass is 931 g/mol. The van der Waals surface area contributed by atoms with Crippen LogP contribution in [-0.4, -0.2) is 127 Å². The van der Waals surface area contributed by atoms with Gasteiger partial charge in [-0.25, -0.2) is 4.57 Å². The second-order valence-electron chi connectivity index (χ2n) is 17.0. The van der Waals surface area contributed by atoms with Gasteiger partial charge in [0.25, 0.3) is 0 Å². The van der Waals surface area contributed by atoms with Gasteiger partial charge in [-0.1, -0.05) is 114 Å². The van der Waals surface area contributed by atoms with Gasteiger partial charge in [0, 0.05) is 31.1 Å². The van der Waals surface area contributed by atoms with Gasteiger partial charge in [-0.15, -0.1) is 0 Å². The molecule has 0 aromatic carbocycles. The molecule has 1 unspecified atom stereocenters. The maximum atomic E-state index is 13.6. The number of carbonyl (C=O) groups is 3. The topological polar surface area (TPSA) is 267 Å².